The molecule has 19 heavy (non-hydrogen) atoms. The van der Waals surface area contributed by atoms with Gasteiger partial charge in [-0.1, -0.05) is 0 Å². The summed E-state index contributed by atoms with van der Waals surface area (Å²) in [5.74, 6) is 0.452. The van der Waals surface area contributed by atoms with Gasteiger partial charge in [-0.25, -0.2) is 17.9 Å². The van der Waals surface area contributed by atoms with Crippen LogP contribution in [0.2, 0.25) is 0 Å². The second kappa shape index (κ2) is 6.25. The van der Waals surface area contributed by atoms with Crippen LogP contribution in [-0.2, 0) is 14.8 Å². The minimum Gasteiger partial charge on any atom is -0.497 e. The number of carbonyl (C=O) groups is 1. The number of benzene rings is 1. The van der Waals surface area contributed by atoms with Crippen molar-refractivity contribution in [1.29, 1.82) is 0 Å². The topological polar surface area (TPSA) is 134 Å². The number of nitrogens with two attached hydrogens (primary N) is 2. The number of amides is 1. The van der Waals surface area contributed by atoms with Crippen LogP contribution in [0.15, 0.2) is 23.1 Å². The Morgan fingerprint density at radius 2 is 2.11 bits per heavy atom. The van der Waals surface area contributed by atoms with E-state index in [4.69, 9.17) is 16.2 Å². The molecule has 106 valence electrons. The predicted molar refractivity (Wildman–Crippen MR) is 68.1 cm³/mol. The Hall–Kier alpha value is -2.00. The fourth-order valence-electron chi connectivity index (χ4n) is 1.30. The number of methoxy groups -OCH3 is 1. The van der Waals surface area contributed by atoms with Crippen LogP contribution in [0.5, 0.6) is 5.75 Å². The maximum atomic E-state index is 11.9. The zero-order chi connectivity index (χ0) is 14.5. The van der Waals surface area contributed by atoms with Gasteiger partial charge >= 0.3 is 6.09 Å². The number of nitrogens with one attached hydrogen (secondary N) is 1. The summed E-state index contributed by atoms with van der Waals surface area (Å²) in [6.07, 6.45) is -0.969. The minimum atomic E-state index is -3.78. The second-order valence-electron chi connectivity index (χ2n) is 3.47. The van der Waals surface area contributed by atoms with Gasteiger partial charge in [0.2, 0.25) is 10.0 Å². The van der Waals surface area contributed by atoms with Crippen molar-refractivity contribution in [3.8, 4) is 5.75 Å². The van der Waals surface area contributed by atoms with E-state index in [-0.39, 0.29) is 23.7 Å². The molecule has 0 saturated heterocycles. The lowest BCUT2D eigenvalue weighted by Crippen LogP contribution is -2.29. The summed E-state index contributed by atoms with van der Waals surface area (Å²) >= 11 is 0. The highest BCUT2D eigenvalue weighted by molar-refractivity contribution is 7.89. The first-order valence-electron chi connectivity index (χ1n) is 5.22. The normalized spacial score (nSPS) is 11.0. The van der Waals surface area contributed by atoms with Crippen molar-refractivity contribution in [2.24, 2.45) is 5.73 Å². The number of hydrogen-bond donors (Lipinski definition) is 3. The molecule has 0 aliphatic heterocycles. The van der Waals surface area contributed by atoms with E-state index in [1.54, 1.807) is 0 Å². The summed E-state index contributed by atoms with van der Waals surface area (Å²) in [6.45, 7) is -0.263. The number of sulfonamides is 1. The molecule has 8 nitrogen and oxygen atoms in total. The Bertz CT molecular complexity index is 558. The summed E-state index contributed by atoms with van der Waals surface area (Å²) in [5.41, 5.74) is 10.4. The van der Waals surface area contributed by atoms with Gasteiger partial charge in [-0.05, 0) is 12.1 Å². The summed E-state index contributed by atoms with van der Waals surface area (Å²) in [4.78, 5) is 10.2. The molecular formula is C10H15N3O5S. The second-order valence-corrected chi connectivity index (χ2v) is 5.20. The molecule has 0 spiro atoms. The molecule has 0 aliphatic rings. The first-order valence-corrected chi connectivity index (χ1v) is 6.70. The fraction of sp³-hybridized carbons (Fsp3) is 0.300. The molecule has 0 fully saturated rings. The Labute approximate surface area is 110 Å². The smallest absolute Gasteiger partial charge is 0.404 e. The van der Waals surface area contributed by atoms with Gasteiger partial charge in [0.05, 0.1) is 12.8 Å². The van der Waals surface area contributed by atoms with Crippen LogP contribution in [0, 0.1) is 0 Å². The third-order valence-electron chi connectivity index (χ3n) is 2.14. The number of anilines is 1. The first-order chi connectivity index (χ1) is 8.86. The molecule has 0 saturated carbocycles. The molecule has 1 aromatic rings. The van der Waals surface area contributed by atoms with Crippen LogP contribution in [0.25, 0.3) is 0 Å². The Kier molecular flexibility index (Phi) is 4.95. The van der Waals surface area contributed by atoms with Crippen LogP contribution >= 0.6 is 0 Å². The number of primary amides is 1. The van der Waals surface area contributed by atoms with Crippen molar-refractivity contribution in [3.05, 3.63) is 18.2 Å². The zero-order valence-corrected chi connectivity index (χ0v) is 11.1. The zero-order valence-electron chi connectivity index (χ0n) is 10.3. The minimum absolute atomic E-state index is 0.0580. The number of nitrogen functional groups attached to an aromatic ring is 1. The van der Waals surface area contributed by atoms with Gasteiger partial charge in [0.15, 0.2) is 0 Å². The van der Waals surface area contributed by atoms with E-state index >= 15 is 0 Å². The Balaban J connectivity index is 2.74. The molecule has 0 radical (unpaired) electrons. The number of rotatable bonds is 6. The maximum absolute atomic E-state index is 11.9. The van der Waals surface area contributed by atoms with Crippen molar-refractivity contribution in [1.82, 2.24) is 4.72 Å². The van der Waals surface area contributed by atoms with E-state index in [1.165, 1.54) is 25.3 Å². The molecule has 1 aromatic carbocycles. The highest BCUT2D eigenvalue weighted by Crippen LogP contribution is 2.23. The van der Waals surface area contributed by atoms with Gasteiger partial charge in [-0.15, -0.1) is 0 Å². The molecule has 0 heterocycles. The van der Waals surface area contributed by atoms with Crippen molar-refractivity contribution < 1.29 is 22.7 Å². The quantitative estimate of drug-likeness (QED) is 0.484. The average molecular weight is 289 g/mol. The average Bonchev–Trinajstić information content (AvgIpc) is 2.34. The molecule has 9 heteroatoms. The van der Waals surface area contributed by atoms with E-state index in [9.17, 15) is 13.2 Å². The predicted octanol–water partition coefficient (Wildman–Crippen LogP) is -0.349. The lowest BCUT2D eigenvalue weighted by molar-refractivity contribution is 0.159. The summed E-state index contributed by atoms with van der Waals surface area (Å²) in [7, 11) is -2.33. The van der Waals surface area contributed by atoms with E-state index in [0.717, 1.165) is 0 Å². The van der Waals surface area contributed by atoms with Gasteiger partial charge in [-0.3, -0.25) is 0 Å². The van der Waals surface area contributed by atoms with E-state index in [0.29, 0.717) is 5.75 Å². The van der Waals surface area contributed by atoms with Gasteiger partial charge in [0, 0.05) is 12.6 Å². The molecule has 0 aromatic heterocycles. The molecule has 5 N–H and O–H groups in total. The lowest BCUT2D eigenvalue weighted by Gasteiger charge is -2.10. The third-order valence-corrected chi connectivity index (χ3v) is 3.68. The highest BCUT2D eigenvalue weighted by Gasteiger charge is 2.17. The van der Waals surface area contributed by atoms with Crippen LogP contribution < -0.4 is 20.9 Å². The van der Waals surface area contributed by atoms with Gasteiger partial charge in [0.1, 0.15) is 17.3 Å². The number of hydrogen-bond acceptors (Lipinski definition) is 6. The van der Waals surface area contributed by atoms with Crippen molar-refractivity contribution in [3.63, 3.8) is 0 Å². The summed E-state index contributed by atoms with van der Waals surface area (Å²) in [5, 5.41) is 0. The van der Waals surface area contributed by atoms with E-state index in [2.05, 4.69) is 9.46 Å². The molecule has 0 bridgehead atoms. The van der Waals surface area contributed by atoms with E-state index in [1.807, 2.05) is 0 Å². The van der Waals surface area contributed by atoms with Crippen molar-refractivity contribution in [2.75, 3.05) is 26.0 Å². The number of ether oxygens (including phenoxy) is 2. The molecule has 0 atom stereocenters. The summed E-state index contributed by atoms with van der Waals surface area (Å²) < 4.78 is 35.3. The van der Waals surface area contributed by atoms with Crippen molar-refractivity contribution in [2.45, 2.75) is 4.90 Å². The van der Waals surface area contributed by atoms with Gasteiger partial charge < -0.3 is 20.9 Å². The molecule has 1 rings (SSSR count). The van der Waals surface area contributed by atoms with Gasteiger partial charge in [0.25, 0.3) is 0 Å². The lowest BCUT2D eigenvalue weighted by atomic mass is 10.3. The summed E-state index contributed by atoms with van der Waals surface area (Å²) in [6, 6.07) is 4.20. The highest BCUT2D eigenvalue weighted by atomic mass is 32.2. The van der Waals surface area contributed by atoms with Crippen LogP contribution in [0.1, 0.15) is 0 Å². The largest absolute Gasteiger partial charge is 0.497 e. The molecular weight excluding hydrogens is 274 g/mol. The molecule has 0 aliphatic carbocycles. The molecule has 1 amide bonds. The standard InChI is InChI=1S/C10H15N3O5S/c1-17-7-2-3-9(8(11)6-7)19(15,16)13-4-5-18-10(12)14/h2-3,6,13H,4-5,11H2,1H3,(H2,12,14). The fourth-order valence-corrected chi connectivity index (χ4v) is 2.43. The van der Waals surface area contributed by atoms with Gasteiger partial charge in [-0.2, -0.15) is 0 Å². The van der Waals surface area contributed by atoms with Crippen LogP contribution in [0.4, 0.5) is 10.5 Å². The third kappa shape index (κ3) is 4.30. The SMILES string of the molecule is COc1ccc(S(=O)(=O)NCCOC(N)=O)c(N)c1. The maximum Gasteiger partial charge on any atom is 0.404 e. The van der Waals surface area contributed by atoms with E-state index < -0.39 is 16.1 Å². The monoisotopic (exact) mass is 289 g/mol. The Morgan fingerprint density at radius 1 is 1.42 bits per heavy atom. The number of carbonyl (C=O) groups excluding carboxylic acids is 1. The first kappa shape index (κ1) is 15.1. The van der Waals surface area contributed by atoms with Crippen LogP contribution in [0.3, 0.4) is 0 Å². The van der Waals surface area contributed by atoms with Crippen LogP contribution in [-0.4, -0.2) is 34.8 Å². The van der Waals surface area contributed by atoms with Crippen molar-refractivity contribution >= 4 is 21.8 Å². The Morgan fingerprint density at radius 3 is 2.63 bits per heavy atom. The molecule has 0 unspecified atom stereocenters.